The number of methoxy groups -OCH3 is 1. The third-order valence-electron chi connectivity index (χ3n) is 7.15. The van der Waals surface area contributed by atoms with E-state index in [0.29, 0.717) is 23.3 Å². The lowest BCUT2D eigenvalue weighted by molar-refractivity contribution is -0.123. The minimum absolute atomic E-state index is 0.137. The zero-order valence-electron chi connectivity index (χ0n) is 21.0. The summed E-state index contributed by atoms with van der Waals surface area (Å²) in [7, 11) is 1.52. The van der Waals surface area contributed by atoms with Gasteiger partial charge in [-0.25, -0.2) is 0 Å². The summed E-state index contributed by atoms with van der Waals surface area (Å²) in [6.45, 7) is 3.41. The van der Waals surface area contributed by atoms with Crippen LogP contribution in [0.2, 0.25) is 0 Å². The number of hydrogen-bond acceptors (Lipinski definition) is 6. The van der Waals surface area contributed by atoms with Gasteiger partial charge < -0.3 is 20.3 Å². The summed E-state index contributed by atoms with van der Waals surface area (Å²) < 4.78 is 5.35. The van der Waals surface area contributed by atoms with Crippen LogP contribution in [-0.4, -0.2) is 42.0 Å². The number of ether oxygens (including phenoxy) is 1. The summed E-state index contributed by atoms with van der Waals surface area (Å²) >= 11 is 0. The van der Waals surface area contributed by atoms with E-state index in [1.165, 1.54) is 12.7 Å². The van der Waals surface area contributed by atoms with Crippen molar-refractivity contribution in [2.75, 3.05) is 35.7 Å². The SMILES string of the molecule is COc1ccc(C)cc1NC(=O)[C@@H]1CC(=O)Nc2nc(N3CCC(Cc4ccccc4)CC3)[nH]c(=O)c21. The molecule has 1 aromatic heterocycles. The van der Waals surface area contributed by atoms with E-state index < -0.39 is 17.4 Å². The van der Waals surface area contributed by atoms with E-state index in [4.69, 9.17) is 4.74 Å². The van der Waals surface area contributed by atoms with Crippen LogP contribution in [0.1, 0.15) is 41.9 Å². The first kappa shape index (κ1) is 24.5. The number of carbonyl (C=O) groups is 2. The molecule has 2 aliphatic rings. The fourth-order valence-corrected chi connectivity index (χ4v) is 5.17. The van der Waals surface area contributed by atoms with Crippen LogP contribution >= 0.6 is 0 Å². The number of benzene rings is 2. The highest BCUT2D eigenvalue weighted by molar-refractivity contribution is 6.05. The summed E-state index contributed by atoms with van der Waals surface area (Å²) in [5, 5.41) is 5.53. The first-order chi connectivity index (χ1) is 17.9. The lowest BCUT2D eigenvalue weighted by Crippen LogP contribution is -2.40. The summed E-state index contributed by atoms with van der Waals surface area (Å²) in [5.74, 6) is -0.139. The molecule has 192 valence electrons. The van der Waals surface area contributed by atoms with Crippen LogP contribution < -0.4 is 25.8 Å². The second kappa shape index (κ2) is 10.5. The number of H-pyrrole nitrogens is 1. The van der Waals surface area contributed by atoms with Gasteiger partial charge in [0.25, 0.3) is 5.56 Å². The Kier molecular flexibility index (Phi) is 6.94. The smallest absolute Gasteiger partial charge is 0.258 e. The van der Waals surface area contributed by atoms with Crippen LogP contribution in [0.4, 0.5) is 17.5 Å². The van der Waals surface area contributed by atoms with Gasteiger partial charge in [-0.2, -0.15) is 4.98 Å². The molecule has 37 heavy (non-hydrogen) atoms. The minimum atomic E-state index is -0.962. The van der Waals surface area contributed by atoms with Crippen molar-refractivity contribution in [1.82, 2.24) is 9.97 Å². The number of piperidine rings is 1. The molecular weight excluding hydrogens is 470 g/mol. The van der Waals surface area contributed by atoms with Gasteiger partial charge in [0.1, 0.15) is 11.6 Å². The molecule has 0 bridgehead atoms. The maximum absolute atomic E-state index is 13.2. The number of rotatable bonds is 6. The molecule has 1 fully saturated rings. The predicted molar refractivity (Wildman–Crippen MR) is 142 cm³/mol. The molecule has 0 aliphatic carbocycles. The molecule has 0 spiro atoms. The first-order valence-corrected chi connectivity index (χ1v) is 12.6. The molecule has 0 saturated carbocycles. The minimum Gasteiger partial charge on any atom is -0.495 e. The first-order valence-electron chi connectivity index (χ1n) is 12.6. The van der Waals surface area contributed by atoms with Gasteiger partial charge in [0.15, 0.2) is 0 Å². The Balaban J connectivity index is 1.33. The molecule has 9 nitrogen and oxygen atoms in total. The Labute approximate surface area is 215 Å². The fraction of sp³-hybridized carbons (Fsp3) is 0.357. The number of aromatic nitrogens is 2. The normalized spacial score (nSPS) is 17.6. The average Bonchev–Trinajstić information content (AvgIpc) is 2.89. The number of amides is 2. The van der Waals surface area contributed by atoms with Gasteiger partial charge in [0.05, 0.1) is 24.3 Å². The standard InChI is InChI=1S/C28H31N5O4/c1-17-8-9-22(37-2)21(14-17)29-26(35)20-16-23(34)30-25-24(20)27(36)32-28(31-25)33-12-10-19(11-13-33)15-18-6-4-3-5-7-18/h3-9,14,19-20H,10-13,15-16H2,1-2H3,(H,29,35)(H2,30,31,32,34,36)/t20-/m1/s1. The molecule has 0 unspecified atom stereocenters. The van der Waals surface area contributed by atoms with Crippen molar-refractivity contribution in [3.8, 4) is 5.75 Å². The Bertz CT molecular complexity index is 1360. The van der Waals surface area contributed by atoms with Crippen molar-refractivity contribution < 1.29 is 14.3 Å². The second-order valence-corrected chi connectivity index (χ2v) is 9.77. The average molecular weight is 502 g/mol. The van der Waals surface area contributed by atoms with E-state index in [1.807, 2.05) is 24.0 Å². The molecule has 3 N–H and O–H groups in total. The van der Waals surface area contributed by atoms with Crippen LogP contribution in [0, 0.1) is 12.8 Å². The van der Waals surface area contributed by atoms with Gasteiger partial charge in [0, 0.05) is 19.5 Å². The molecule has 1 atom stereocenters. The van der Waals surface area contributed by atoms with Gasteiger partial charge in [-0.15, -0.1) is 0 Å². The number of aryl methyl sites for hydroxylation is 1. The van der Waals surface area contributed by atoms with E-state index in [1.54, 1.807) is 12.1 Å². The number of fused-ring (bicyclic) bond motifs is 1. The lowest BCUT2D eigenvalue weighted by Gasteiger charge is -2.33. The Hall–Kier alpha value is -4.14. The maximum Gasteiger partial charge on any atom is 0.258 e. The Morgan fingerprint density at radius 3 is 2.62 bits per heavy atom. The predicted octanol–water partition coefficient (Wildman–Crippen LogP) is 3.61. The quantitative estimate of drug-likeness (QED) is 0.475. The van der Waals surface area contributed by atoms with E-state index in [2.05, 4.69) is 44.9 Å². The highest BCUT2D eigenvalue weighted by Crippen LogP contribution is 2.33. The Morgan fingerprint density at radius 1 is 1.14 bits per heavy atom. The van der Waals surface area contributed by atoms with Crippen molar-refractivity contribution in [2.24, 2.45) is 5.92 Å². The van der Waals surface area contributed by atoms with Crippen molar-refractivity contribution in [3.05, 3.63) is 75.6 Å². The maximum atomic E-state index is 13.2. The lowest BCUT2D eigenvalue weighted by atomic mass is 9.90. The van der Waals surface area contributed by atoms with Gasteiger partial charge >= 0.3 is 0 Å². The second-order valence-electron chi connectivity index (χ2n) is 9.77. The van der Waals surface area contributed by atoms with Crippen LogP contribution in [0.3, 0.4) is 0 Å². The number of nitrogens with zero attached hydrogens (tertiary/aromatic N) is 2. The summed E-state index contributed by atoms with van der Waals surface area (Å²) in [4.78, 5) is 48.4. The van der Waals surface area contributed by atoms with Crippen molar-refractivity contribution >= 4 is 29.3 Å². The van der Waals surface area contributed by atoms with E-state index >= 15 is 0 Å². The molecule has 3 aromatic rings. The van der Waals surface area contributed by atoms with Gasteiger partial charge in [0.2, 0.25) is 17.8 Å². The third-order valence-corrected chi connectivity index (χ3v) is 7.15. The molecule has 5 rings (SSSR count). The summed E-state index contributed by atoms with van der Waals surface area (Å²) in [5.41, 5.74) is 2.51. The zero-order chi connectivity index (χ0) is 25.9. The number of aromatic amines is 1. The molecule has 0 radical (unpaired) electrons. The Morgan fingerprint density at radius 2 is 1.89 bits per heavy atom. The molecule has 3 heterocycles. The largest absolute Gasteiger partial charge is 0.495 e. The van der Waals surface area contributed by atoms with Crippen molar-refractivity contribution in [3.63, 3.8) is 0 Å². The third kappa shape index (κ3) is 5.35. The fourth-order valence-electron chi connectivity index (χ4n) is 5.17. The van der Waals surface area contributed by atoms with Gasteiger partial charge in [-0.3, -0.25) is 19.4 Å². The highest BCUT2D eigenvalue weighted by Gasteiger charge is 2.35. The number of nitrogens with one attached hydrogen (secondary N) is 3. The molecular formula is C28H31N5O4. The summed E-state index contributed by atoms with van der Waals surface area (Å²) in [6.07, 6.45) is 2.85. The molecule has 1 saturated heterocycles. The van der Waals surface area contributed by atoms with Crippen LogP contribution in [0.25, 0.3) is 0 Å². The molecule has 9 heteroatoms. The van der Waals surface area contributed by atoms with E-state index in [-0.39, 0.29) is 23.7 Å². The molecule has 2 aliphatic heterocycles. The molecule has 2 amide bonds. The monoisotopic (exact) mass is 501 g/mol. The number of carbonyl (C=O) groups excluding carboxylic acids is 2. The van der Waals surface area contributed by atoms with E-state index in [0.717, 1.165) is 37.9 Å². The topological polar surface area (TPSA) is 116 Å². The number of hydrogen-bond donors (Lipinski definition) is 3. The van der Waals surface area contributed by atoms with Crippen molar-refractivity contribution in [2.45, 2.75) is 38.5 Å². The van der Waals surface area contributed by atoms with E-state index in [9.17, 15) is 14.4 Å². The molecule has 2 aromatic carbocycles. The summed E-state index contributed by atoms with van der Waals surface area (Å²) in [6, 6.07) is 15.9. The van der Waals surface area contributed by atoms with Gasteiger partial charge in [-0.05, 0) is 55.4 Å². The van der Waals surface area contributed by atoms with Crippen molar-refractivity contribution in [1.29, 1.82) is 0 Å². The number of anilines is 3. The van der Waals surface area contributed by atoms with Crippen LogP contribution in [0.15, 0.2) is 53.3 Å². The zero-order valence-corrected chi connectivity index (χ0v) is 21.0. The van der Waals surface area contributed by atoms with Crippen LogP contribution in [-0.2, 0) is 16.0 Å². The van der Waals surface area contributed by atoms with Gasteiger partial charge in [-0.1, -0.05) is 36.4 Å². The highest BCUT2D eigenvalue weighted by atomic mass is 16.5. The van der Waals surface area contributed by atoms with Crippen LogP contribution in [0.5, 0.6) is 5.75 Å².